The fourth-order valence-electron chi connectivity index (χ4n) is 2.53. The van der Waals surface area contributed by atoms with Gasteiger partial charge < -0.3 is 15.2 Å². The summed E-state index contributed by atoms with van der Waals surface area (Å²) in [5, 5.41) is 9.27. The van der Waals surface area contributed by atoms with E-state index in [0.717, 1.165) is 19.4 Å². The van der Waals surface area contributed by atoms with E-state index in [4.69, 9.17) is 15.2 Å². The number of ether oxygens (including phenoxy) is 2. The van der Waals surface area contributed by atoms with E-state index in [-0.39, 0.29) is 6.10 Å². The van der Waals surface area contributed by atoms with Gasteiger partial charge in [-0.1, -0.05) is 18.2 Å². The van der Waals surface area contributed by atoms with Crippen molar-refractivity contribution in [1.82, 2.24) is 4.57 Å². The molecule has 5 nitrogen and oxygen atoms in total. The van der Waals surface area contributed by atoms with Crippen molar-refractivity contribution in [2.24, 2.45) is 0 Å². The predicted molar refractivity (Wildman–Crippen MR) is 79.0 cm³/mol. The quantitative estimate of drug-likeness (QED) is 0.936. The first-order valence-electron chi connectivity index (χ1n) is 7.01. The molecule has 1 fully saturated rings. The molecular formula is C16H17N3O2. The Morgan fingerprint density at radius 3 is 2.86 bits per heavy atom. The van der Waals surface area contributed by atoms with Gasteiger partial charge in [-0.05, 0) is 25.0 Å². The van der Waals surface area contributed by atoms with Crippen molar-refractivity contribution >= 4 is 5.69 Å². The average molecular weight is 283 g/mol. The highest BCUT2D eigenvalue weighted by molar-refractivity contribution is 5.56. The van der Waals surface area contributed by atoms with Crippen molar-refractivity contribution in [3.05, 3.63) is 42.1 Å². The number of nitriles is 1. The van der Waals surface area contributed by atoms with Crippen LogP contribution in [0.15, 0.2) is 36.4 Å². The first-order valence-corrected chi connectivity index (χ1v) is 7.01. The van der Waals surface area contributed by atoms with Crippen LogP contribution in [-0.2, 0) is 11.3 Å². The first kappa shape index (κ1) is 13.5. The Morgan fingerprint density at radius 1 is 1.38 bits per heavy atom. The zero-order valence-electron chi connectivity index (χ0n) is 11.7. The van der Waals surface area contributed by atoms with Crippen LogP contribution >= 0.6 is 0 Å². The molecule has 2 N–H and O–H groups in total. The van der Waals surface area contributed by atoms with Crippen LogP contribution in [0.4, 0.5) is 5.69 Å². The SMILES string of the molecule is N#Cc1cc(N)c(Oc2ccccc2)n1C[C@@H]1CCCO1. The molecule has 0 spiro atoms. The molecule has 1 saturated heterocycles. The third kappa shape index (κ3) is 2.86. The van der Waals surface area contributed by atoms with E-state index < -0.39 is 0 Å². The van der Waals surface area contributed by atoms with Crippen molar-refractivity contribution in [2.75, 3.05) is 12.3 Å². The Balaban J connectivity index is 1.91. The normalized spacial score (nSPS) is 17.6. The van der Waals surface area contributed by atoms with Crippen LogP contribution in [0.2, 0.25) is 0 Å². The predicted octanol–water partition coefficient (Wildman–Crippen LogP) is 2.91. The lowest BCUT2D eigenvalue weighted by atomic mass is 10.2. The maximum absolute atomic E-state index is 9.27. The van der Waals surface area contributed by atoms with Crippen molar-refractivity contribution in [1.29, 1.82) is 5.26 Å². The molecule has 1 aliphatic rings. The van der Waals surface area contributed by atoms with Crippen molar-refractivity contribution in [3.8, 4) is 17.7 Å². The van der Waals surface area contributed by atoms with Crippen LogP contribution in [0.1, 0.15) is 18.5 Å². The van der Waals surface area contributed by atoms with Crippen LogP contribution in [0, 0.1) is 11.3 Å². The van der Waals surface area contributed by atoms with Gasteiger partial charge in [-0.3, -0.25) is 4.57 Å². The number of anilines is 1. The molecule has 1 atom stereocenters. The lowest BCUT2D eigenvalue weighted by Crippen LogP contribution is -2.16. The second-order valence-electron chi connectivity index (χ2n) is 5.06. The molecule has 1 aliphatic heterocycles. The molecule has 2 heterocycles. The molecule has 21 heavy (non-hydrogen) atoms. The van der Waals surface area contributed by atoms with E-state index in [1.165, 1.54) is 0 Å². The molecule has 0 saturated carbocycles. The number of benzene rings is 1. The molecule has 3 rings (SSSR count). The Bertz CT molecular complexity index is 652. The number of aromatic nitrogens is 1. The molecule has 0 bridgehead atoms. The average Bonchev–Trinajstić information content (AvgIpc) is 3.11. The van der Waals surface area contributed by atoms with Gasteiger partial charge in [0.25, 0.3) is 0 Å². The number of hydrogen-bond acceptors (Lipinski definition) is 4. The highest BCUT2D eigenvalue weighted by Crippen LogP contribution is 2.32. The second-order valence-corrected chi connectivity index (χ2v) is 5.06. The van der Waals surface area contributed by atoms with Gasteiger partial charge in [-0.25, -0.2) is 0 Å². The lowest BCUT2D eigenvalue weighted by Gasteiger charge is -2.15. The fourth-order valence-corrected chi connectivity index (χ4v) is 2.53. The number of hydrogen-bond donors (Lipinski definition) is 1. The van der Waals surface area contributed by atoms with Gasteiger partial charge in [-0.15, -0.1) is 0 Å². The van der Waals surface area contributed by atoms with E-state index in [1.807, 2.05) is 30.3 Å². The van der Waals surface area contributed by atoms with Gasteiger partial charge in [0, 0.05) is 12.7 Å². The van der Waals surface area contributed by atoms with Crippen LogP contribution in [0.5, 0.6) is 11.6 Å². The molecule has 0 radical (unpaired) electrons. The summed E-state index contributed by atoms with van der Waals surface area (Å²) in [5.74, 6) is 1.20. The number of nitrogens with zero attached hydrogens (tertiary/aromatic N) is 2. The third-order valence-corrected chi connectivity index (χ3v) is 3.56. The van der Waals surface area contributed by atoms with Crippen LogP contribution in [0.3, 0.4) is 0 Å². The van der Waals surface area contributed by atoms with Crippen molar-refractivity contribution in [2.45, 2.75) is 25.5 Å². The maximum atomic E-state index is 9.27. The number of rotatable bonds is 4. The summed E-state index contributed by atoms with van der Waals surface area (Å²) in [7, 11) is 0. The van der Waals surface area contributed by atoms with E-state index in [1.54, 1.807) is 10.6 Å². The first-order chi connectivity index (χ1) is 10.3. The van der Waals surface area contributed by atoms with Gasteiger partial charge in [0.1, 0.15) is 17.5 Å². The third-order valence-electron chi connectivity index (χ3n) is 3.56. The van der Waals surface area contributed by atoms with Crippen molar-refractivity contribution < 1.29 is 9.47 Å². The largest absolute Gasteiger partial charge is 0.439 e. The summed E-state index contributed by atoms with van der Waals surface area (Å²) in [6.45, 7) is 1.36. The summed E-state index contributed by atoms with van der Waals surface area (Å²) in [4.78, 5) is 0. The molecule has 1 aromatic heterocycles. The van der Waals surface area contributed by atoms with E-state index >= 15 is 0 Å². The summed E-state index contributed by atoms with van der Waals surface area (Å²) in [6.07, 6.45) is 2.16. The Kier molecular flexibility index (Phi) is 3.80. The molecule has 0 unspecified atom stereocenters. The highest BCUT2D eigenvalue weighted by Gasteiger charge is 2.22. The van der Waals surface area contributed by atoms with Crippen LogP contribution < -0.4 is 10.5 Å². The minimum Gasteiger partial charge on any atom is -0.439 e. The van der Waals surface area contributed by atoms with Crippen LogP contribution in [-0.4, -0.2) is 17.3 Å². The summed E-state index contributed by atoms with van der Waals surface area (Å²) in [6, 6.07) is 13.2. The minimum atomic E-state index is 0.113. The smallest absolute Gasteiger partial charge is 0.224 e. The van der Waals surface area contributed by atoms with Crippen molar-refractivity contribution in [3.63, 3.8) is 0 Å². The minimum absolute atomic E-state index is 0.113. The second kappa shape index (κ2) is 5.90. The number of nitrogen functional groups attached to an aromatic ring is 1. The molecule has 2 aromatic rings. The van der Waals surface area contributed by atoms with Gasteiger partial charge in [0.2, 0.25) is 5.88 Å². The van der Waals surface area contributed by atoms with E-state index in [0.29, 0.717) is 29.6 Å². The number of nitrogens with two attached hydrogens (primary N) is 1. The van der Waals surface area contributed by atoms with Crippen LogP contribution in [0.25, 0.3) is 0 Å². The summed E-state index contributed by atoms with van der Waals surface area (Å²) >= 11 is 0. The Morgan fingerprint density at radius 2 is 2.19 bits per heavy atom. The zero-order chi connectivity index (χ0) is 14.7. The lowest BCUT2D eigenvalue weighted by molar-refractivity contribution is 0.0952. The Labute approximate surface area is 123 Å². The van der Waals surface area contributed by atoms with E-state index in [9.17, 15) is 5.26 Å². The van der Waals surface area contributed by atoms with Gasteiger partial charge >= 0.3 is 0 Å². The molecule has 108 valence electrons. The summed E-state index contributed by atoms with van der Waals surface area (Å²) < 4.78 is 13.3. The van der Waals surface area contributed by atoms with Gasteiger partial charge in [0.15, 0.2) is 0 Å². The van der Waals surface area contributed by atoms with Gasteiger partial charge in [0.05, 0.1) is 18.3 Å². The molecular weight excluding hydrogens is 266 g/mol. The zero-order valence-corrected chi connectivity index (χ0v) is 11.7. The standard InChI is InChI=1S/C16H17N3O2/c17-10-12-9-15(18)16(21-13-5-2-1-3-6-13)19(12)11-14-7-4-8-20-14/h1-3,5-6,9,14H,4,7-8,11,18H2/t14-/m0/s1. The maximum Gasteiger partial charge on any atom is 0.224 e. The van der Waals surface area contributed by atoms with Gasteiger partial charge in [-0.2, -0.15) is 5.26 Å². The fraction of sp³-hybridized carbons (Fsp3) is 0.312. The monoisotopic (exact) mass is 283 g/mol. The molecule has 1 aromatic carbocycles. The topological polar surface area (TPSA) is 73.2 Å². The molecule has 0 amide bonds. The molecule has 0 aliphatic carbocycles. The molecule has 5 heteroatoms. The number of para-hydroxylation sites is 1. The van der Waals surface area contributed by atoms with E-state index in [2.05, 4.69) is 6.07 Å². The highest BCUT2D eigenvalue weighted by atomic mass is 16.5. The Hall–Kier alpha value is -2.45. The summed E-state index contributed by atoms with van der Waals surface area (Å²) in [5.41, 5.74) is 6.96.